The minimum absolute atomic E-state index is 0.151. The molecule has 8 nitrogen and oxygen atoms in total. The molecule has 0 aliphatic carbocycles. The van der Waals surface area contributed by atoms with Crippen LogP contribution in [-0.2, 0) is 11.0 Å². The molecule has 0 unspecified atom stereocenters. The number of anilines is 1. The topological polar surface area (TPSA) is 101 Å². The van der Waals surface area contributed by atoms with Gasteiger partial charge in [0.05, 0.1) is 34.8 Å². The molecule has 1 aromatic carbocycles. The van der Waals surface area contributed by atoms with Crippen LogP contribution in [0.25, 0.3) is 16.9 Å². The number of imidazole rings is 1. The molecule has 4 rings (SSSR count). The molecule has 4 aromatic rings. The lowest BCUT2D eigenvalue weighted by Crippen LogP contribution is -2.28. The van der Waals surface area contributed by atoms with Gasteiger partial charge in [-0.3, -0.25) is 14.6 Å². The van der Waals surface area contributed by atoms with Crippen molar-refractivity contribution in [2.24, 2.45) is 0 Å². The van der Waals surface area contributed by atoms with Gasteiger partial charge in [0.2, 0.25) is 5.91 Å². The average Bonchev–Trinajstić information content (AvgIpc) is 3.19. The van der Waals surface area contributed by atoms with Gasteiger partial charge in [0.1, 0.15) is 5.82 Å². The second-order valence-corrected chi connectivity index (χ2v) is 8.11. The van der Waals surface area contributed by atoms with Crippen LogP contribution in [0.5, 0.6) is 0 Å². The molecule has 0 aliphatic rings. The van der Waals surface area contributed by atoms with E-state index < -0.39 is 29.5 Å². The van der Waals surface area contributed by atoms with E-state index in [4.69, 9.17) is 0 Å². The number of amides is 2. The van der Waals surface area contributed by atoms with Crippen LogP contribution in [0.3, 0.4) is 0 Å². The summed E-state index contributed by atoms with van der Waals surface area (Å²) in [6.45, 7) is 4.35. The number of hydrogen-bond donors (Lipinski definition) is 2. The first-order chi connectivity index (χ1) is 16.9. The molecule has 186 valence electrons. The van der Waals surface area contributed by atoms with Crippen molar-refractivity contribution in [3.8, 4) is 11.3 Å². The molecular formula is C24H20F4N6O2. The van der Waals surface area contributed by atoms with Crippen LogP contribution in [-0.4, -0.2) is 31.4 Å². The van der Waals surface area contributed by atoms with Crippen molar-refractivity contribution in [2.45, 2.75) is 33.0 Å². The monoisotopic (exact) mass is 500 g/mol. The Bertz CT molecular complexity index is 1480. The first kappa shape index (κ1) is 24.8. The van der Waals surface area contributed by atoms with Crippen molar-refractivity contribution in [3.63, 3.8) is 0 Å². The summed E-state index contributed by atoms with van der Waals surface area (Å²) in [5.74, 6) is -1.46. The van der Waals surface area contributed by atoms with Crippen molar-refractivity contribution in [1.29, 1.82) is 0 Å². The van der Waals surface area contributed by atoms with E-state index >= 15 is 0 Å². The first-order valence-corrected chi connectivity index (χ1v) is 10.7. The number of aryl methyl sites for hydroxylation is 1. The van der Waals surface area contributed by atoms with Crippen LogP contribution in [0.15, 0.2) is 48.8 Å². The van der Waals surface area contributed by atoms with E-state index in [-0.39, 0.29) is 17.0 Å². The summed E-state index contributed by atoms with van der Waals surface area (Å²) in [4.78, 5) is 32.7. The molecule has 0 fully saturated rings. The molecule has 36 heavy (non-hydrogen) atoms. The highest BCUT2D eigenvalue weighted by Gasteiger charge is 2.32. The fourth-order valence-corrected chi connectivity index (χ4v) is 3.58. The van der Waals surface area contributed by atoms with Gasteiger partial charge in [0.25, 0.3) is 5.91 Å². The van der Waals surface area contributed by atoms with Crippen molar-refractivity contribution in [1.82, 2.24) is 24.9 Å². The molecule has 0 aliphatic heterocycles. The SMILES string of the molecule is CC(=O)Nc1cn2nc(-c3cnc(C)c(C(=O)N[C@H](C)c4cc(C(F)(F)F)ccc4F)c3)ccc2n1. The highest BCUT2D eigenvalue weighted by atomic mass is 19.4. The zero-order valence-electron chi connectivity index (χ0n) is 19.3. The van der Waals surface area contributed by atoms with Gasteiger partial charge >= 0.3 is 6.18 Å². The number of hydrogen-bond acceptors (Lipinski definition) is 5. The maximum atomic E-state index is 14.3. The third kappa shape index (κ3) is 5.16. The smallest absolute Gasteiger partial charge is 0.345 e. The number of halogens is 4. The number of carbonyl (C=O) groups is 2. The Morgan fingerprint density at radius 1 is 1.11 bits per heavy atom. The number of nitrogens with zero attached hydrogens (tertiary/aromatic N) is 4. The van der Waals surface area contributed by atoms with Gasteiger partial charge < -0.3 is 10.6 Å². The number of nitrogens with one attached hydrogen (secondary N) is 2. The van der Waals surface area contributed by atoms with E-state index in [2.05, 4.69) is 25.7 Å². The van der Waals surface area contributed by atoms with E-state index in [1.54, 1.807) is 19.1 Å². The van der Waals surface area contributed by atoms with E-state index in [9.17, 15) is 27.2 Å². The summed E-state index contributed by atoms with van der Waals surface area (Å²) >= 11 is 0. The number of aromatic nitrogens is 4. The summed E-state index contributed by atoms with van der Waals surface area (Å²) in [5.41, 5.74) is 0.637. The number of alkyl halides is 3. The Morgan fingerprint density at radius 3 is 2.56 bits per heavy atom. The van der Waals surface area contributed by atoms with Gasteiger partial charge in [-0.1, -0.05) is 0 Å². The van der Waals surface area contributed by atoms with Crippen molar-refractivity contribution in [3.05, 3.63) is 77.0 Å². The lowest BCUT2D eigenvalue weighted by atomic mass is 10.0. The molecular weight excluding hydrogens is 480 g/mol. The zero-order valence-corrected chi connectivity index (χ0v) is 19.3. The van der Waals surface area contributed by atoms with Crippen LogP contribution >= 0.6 is 0 Å². The molecule has 0 radical (unpaired) electrons. The number of fused-ring (bicyclic) bond motifs is 1. The minimum Gasteiger partial charge on any atom is -0.345 e. The predicted octanol–water partition coefficient (Wildman–Crippen LogP) is 4.71. The zero-order chi connectivity index (χ0) is 26.2. The summed E-state index contributed by atoms with van der Waals surface area (Å²) < 4.78 is 54.9. The van der Waals surface area contributed by atoms with Crippen molar-refractivity contribution in [2.75, 3.05) is 5.32 Å². The quantitative estimate of drug-likeness (QED) is 0.387. The normalized spacial score (nSPS) is 12.4. The second kappa shape index (κ2) is 9.36. The molecule has 0 spiro atoms. The second-order valence-electron chi connectivity index (χ2n) is 8.11. The Kier molecular flexibility index (Phi) is 6.44. The molecule has 0 saturated heterocycles. The highest BCUT2D eigenvalue weighted by molar-refractivity contribution is 5.96. The molecule has 3 aromatic heterocycles. The number of benzene rings is 1. The van der Waals surface area contributed by atoms with Gasteiger partial charge in [0.15, 0.2) is 11.5 Å². The highest BCUT2D eigenvalue weighted by Crippen LogP contribution is 2.32. The summed E-state index contributed by atoms with van der Waals surface area (Å²) in [6, 6.07) is 5.88. The standard InChI is InChI=1S/C24H20F4N6O2/c1-12-18(23(36)30-13(2)17-9-16(24(26,27)28)4-5-19(17)25)8-15(10-29-12)20-6-7-22-32-21(31-14(3)35)11-34(22)33-20/h4-11,13H,1-3H3,(H,30,36)(H,31,35)/t13-/m1/s1. The van der Waals surface area contributed by atoms with Gasteiger partial charge in [0, 0.05) is 24.2 Å². The lowest BCUT2D eigenvalue weighted by molar-refractivity contribution is -0.137. The van der Waals surface area contributed by atoms with Gasteiger partial charge in [-0.05, 0) is 50.2 Å². The van der Waals surface area contributed by atoms with Crippen molar-refractivity contribution < 1.29 is 27.2 Å². The Hall–Kier alpha value is -4.35. The van der Waals surface area contributed by atoms with Crippen LogP contribution in [0.1, 0.15) is 47.1 Å². The molecule has 3 heterocycles. The van der Waals surface area contributed by atoms with E-state index in [0.717, 1.165) is 6.07 Å². The molecule has 2 N–H and O–H groups in total. The van der Waals surface area contributed by atoms with Crippen molar-refractivity contribution >= 4 is 23.3 Å². The van der Waals surface area contributed by atoms with Gasteiger partial charge in [-0.15, -0.1) is 0 Å². The number of pyridine rings is 1. The van der Waals surface area contributed by atoms with E-state index in [0.29, 0.717) is 40.5 Å². The van der Waals surface area contributed by atoms with Crippen LogP contribution in [0.4, 0.5) is 23.4 Å². The Balaban J connectivity index is 1.60. The van der Waals surface area contributed by atoms with Gasteiger partial charge in [-0.2, -0.15) is 18.3 Å². The fourth-order valence-electron chi connectivity index (χ4n) is 3.58. The summed E-state index contributed by atoms with van der Waals surface area (Å²) in [6.07, 6.45) is -1.60. The fraction of sp³-hybridized carbons (Fsp3) is 0.208. The maximum absolute atomic E-state index is 14.3. The maximum Gasteiger partial charge on any atom is 0.416 e. The van der Waals surface area contributed by atoms with Crippen LogP contribution in [0, 0.1) is 12.7 Å². The molecule has 12 heteroatoms. The Morgan fingerprint density at radius 2 is 1.86 bits per heavy atom. The lowest BCUT2D eigenvalue weighted by Gasteiger charge is -2.18. The summed E-state index contributed by atoms with van der Waals surface area (Å²) in [7, 11) is 0. The third-order valence-electron chi connectivity index (χ3n) is 5.39. The Labute approximate surface area is 202 Å². The molecule has 0 bridgehead atoms. The minimum atomic E-state index is -4.65. The number of rotatable bonds is 5. The van der Waals surface area contributed by atoms with Crippen LogP contribution in [0.2, 0.25) is 0 Å². The first-order valence-electron chi connectivity index (χ1n) is 10.7. The predicted molar refractivity (Wildman–Crippen MR) is 123 cm³/mol. The van der Waals surface area contributed by atoms with E-state index in [1.165, 1.54) is 36.8 Å². The molecule has 2 amide bonds. The summed E-state index contributed by atoms with van der Waals surface area (Å²) in [5, 5.41) is 9.54. The van der Waals surface area contributed by atoms with E-state index in [1.807, 2.05) is 0 Å². The largest absolute Gasteiger partial charge is 0.416 e. The molecule has 0 saturated carbocycles. The molecule has 1 atom stereocenters. The third-order valence-corrected chi connectivity index (χ3v) is 5.39. The van der Waals surface area contributed by atoms with Gasteiger partial charge in [-0.25, -0.2) is 13.9 Å². The average molecular weight is 500 g/mol. The van der Waals surface area contributed by atoms with Crippen LogP contribution < -0.4 is 10.6 Å². The number of carbonyl (C=O) groups excluding carboxylic acids is 2.